The molecule has 3 N–H and O–H groups in total. The Kier molecular flexibility index (Phi) is 4.80. The number of hydrogen-bond acceptors (Lipinski definition) is 3. The predicted octanol–water partition coefficient (Wildman–Crippen LogP) is 4.07. The van der Waals surface area contributed by atoms with Crippen molar-refractivity contribution in [2.24, 2.45) is 5.92 Å². The number of nitrogens with zero attached hydrogens (tertiary/aromatic N) is 1. The van der Waals surface area contributed by atoms with E-state index >= 15 is 0 Å². The summed E-state index contributed by atoms with van der Waals surface area (Å²) in [6.07, 6.45) is 2.01. The average molecular weight is 398 g/mol. The minimum atomic E-state index is -0.617. The van der Waals surface area contributed by atoms with Gasteiger partial charge in [0.05, 0.1) is 0 Å². The van der Waals surface area contributed by atoms with E-state index in [-0.39, 0.29) is 11.8 Å². The fourth-order valence-corrected chi connectivity index (χ4v) is 5.27. The molecular weight excluding hydrogens is 370 g/mol. The van der Waals surface area contributed by atoms with E-state index in [0.29, 0.717) is 0 Å². The van der Waals surface area contributed by atoms with Gasteiger partial charge < -0.3 is 16.0 Å². The highest BCUT2D eigenvalue weighted by molar-refractivity contribution is 6.09. The predicted molar refractivity (Wildman–Crippen MR) is 121 cm³/mol. The topological polar surface area (TPSA) is 58.4 Å². The number of benzene rings is 3. The number of fused-ring (bicyclic) bond motifs is 1. The quantitative estimate of drug-likeness (QED) is 0.638. The van der Waals surface area contributed by atoms with Crippen molar-refractivity contribution in [2.75, 3.05) is 30.7 Å². The fraction of sp³-hybridized carbons (Fsp3) is 0.269. The number of nitrogen functional groups attached to an aromatic ring is 1. The van der Waals surface area contributed by atoms with Gasteiger partial charge in [-0.05, 0) is 60.2 Å². The molecule has 0 aromatic heterocycles. The van der Waals surface area contributed by atoms with E-state index in [1.54, 1.807) is 0 Å². The van der Waals surface area contributed by atoms with Gasteiger partial charge in [-0.1, -0.05) is 60.7 Å². The first-order chi connectivity index (χ1) is 14.7. The molecule has 0 spiro atoms. The summed E-state index contributed by atoms with van der Waals surface area (Å²) in [6.45, 7) is 2.93. The lowest BCUT2D eigenvalue weighted by Crippen LogP contribution is -2.44. The number of carbonyl (C=O) groups is 1. The van der Waals surface area contributed by atoms with Crippen LogP contribution in [0.5, 0.6) is 0 Å². The SMILES string of the molecule is Nc1ccc(CCN2CC[C@@H](C3(c4ccccc4)C(=O)Nc4ccccc43)C2)cc1. The Balaban J connectivity index is 1.43. The number of rotatable bonds is 5. The molecule has 2 atom stereocenters. The number of nitrogens with one attached hydrogen (secondary N) is 1. The number of amides is 1. The van der Waals surface area contributed by atoms with E-state index < -0.39 is 5.41 Å². The minimum Gasteiger partial charge on any atom is -0.399 e. The number of para-hydroxylation sites is 1. The smallest absolute Gasteiger partial charge is 0.239 e. The van der Waals surface area contributed by atoms with Crippen LogP contribution in [-0.4, -0.2) is 30.4 Å². The van der Waals surface area contributed by atoms with Crippen molar-refractivity contribution in [2.45, 2.75) is 18.3 Å². The van der Waals surface area contributed by atoms with Crippen LogP contribution in [0.15, 0.2) is 78.9 Å². The van der Waals surface area contributed by atoms with Crippen LogP contribution in [-0.2, 0) is 16.6 Å². The highest BCUT2D eigenvalue weighted by Crippen LogP contribution is 2.50. The van der Waals surface area contributed by atoms with Crippen LogP contribution in [0.2, 0.25) is 0 Å². The minimum absolute atomic E-state index is 0.111. The van der Waals surface area contributed by atoms with E-state index in [0.717, 1.165) is 55.0 Å². The maximum atomic E-state index is 13.5. The standard InChI is InChI=1S/C26H27N3O/c27-22-12-10-19(11-13-22)14-16-29-17-15-21(18-29)26(20-6-2-1-3-7-20)23-8-4-5-9-24(23)28-25(26)30/h1-13,21H,14-18,27H2,(H,28,30)/t21-,26?/m1/s1. The molecule has 0 bridgehead atoms. The molecule has 152 valence electrons. The third kappa shape index (κ3) is 3.08. The Bertz CT molecular complexity index is 1050. The van der Waals surface area contributed by atoms with E-state index in [4.69, 9.17) is 5.73 Å². The summed E-state index contributed by atoms with van der Waals surface area (Å²) in [5.41, 5.74) is 10.5. The first-order valence-corrected chi connectivity index (χ1v) is 10.7. The van der Waals surface area contributed by atoms with Gasteiger partial charge >= 0.3 is 0 Å². The summed E-state index contributed by atoms with van der Waals surface area (Å²) < 4.78 is 0. The fourth-order valence-electron chi connectivity index (χ4n) is 5.27. The summed E-state index contributed by atoms with van der Waals surface area (Å²) in [7, 11) is 0. The second kappa shape index (κ2) is 7.62. The average Bonchev–Trinajstić information content (AvgIpc) is 3.36. The summed E-state index contributed by atoms with van der Waals surface area (Å²) in [5.74, 6) is 0.357. The highest BCUT2D eigenvalue weighted by atomic mass is 16.2. The molecular formula is C26H27N3O. The van der Waals surface area contributed by atoms with Crippen molar-refractivity contribution in [3.63, 3.8) is 0 Å². The van der Waals surface area contributed by atoms with Crippen molar-refractivity contribution < 1.29 is 4.79 Å². The Morgan fingerprint density at radius 3 is 2.50 bits per heavy atom. The van der Waals surface area contributed by atoms with E-state index in [9.17, 15) is 4.79 Å². The van der Waals surface area contributed by atoms with Gasteiger partial charge in [0, 0.05) is 24.5 Å². The molecule has 4 heteroatoms. The zero-order valence-electron chi connectivity index (χ0n) is 17.1. The number of likely N-dealkylation sites (tertiary alicyclic amines) is 1. The Morgan fingerprint density at radius 2 is 1.70 bits per heavy atom. The van der Waals surface area contributed by atoms with Gasteiger partial charge in [-0.15, -0.1) is 0 Å². The molecule has 30 heavy (non-hydrogen) atoms. The molecule has 0 aliphatic carbocycles. The van der Waals surface area contributed by atoms with Crippen LogP contribution >= 0.6 is 0 Å². The number of hydrogen-bond donors (Lipinski definition) is 2. The first kappa shape index (κ1) is 18.9. The van der Waals surface area contributed by atoms with E-state index in [1.807, 2.05) is 48.5 Å². The van der Waals surface area contributed by atoms with Crippen LogP contribution in [0.25, 0.3) is 0 Å². The largest absolute Gasteiger partial charge is 0.399 e. The van der Waals surface area contributed by atoms with Crippen molar-refractivity contribution in [1.29, 1.82) is 0 Å². The van der Waals surface area contributed by atoms with Crippen molar-refractivity contribution in [1.82, 2.24) is 4.90 Å². The molecule has 1 unspecified atom stereocenters. The lowest BCUT2D eigenvalue weighted by Gasteiger charge is -2.34. The molecule has 1 amide bonds. The zero-order valence-corrected chi connectivity index (χ0v) is 17.1. The molecule has 3 aromatic rings. The maximum absolute atomic E-state index is 13.5. The third-order valence-electron chi connectivity index (χ3n) is 6.77. The van der Waals surface area contributed by atoms with Crippen molar-refractivity contribution >= 4 is 17.3 Å². The van der Waals surface area contributed by atoms with Gasteiger partial charge in [-0.3, -0.25) is 4.79 Å². The molecule has 5 rings (SSSR count). The van der Waals surface area contributed by atoms with Gasteiger partial charge in [0.1, 0.15) is 5.41 Å². The monoisotopic (exact) mass is 397 g/mol. The van der Waals surface area contributed by atoms with E-state index in [2.05, 4.69) is 40.5 Å². The summed E-state index contributed by atoms with van der Waals surface area (Å²) in [5, 5.41) is 3.17. The van der Waals surface area contributed by atoms with Gasteiger partial charge in [0.25, 0.3) is 0 Å². The lowest BCUT2D eigenvalue weighted by atomic mass is 9.66. The molecule has 1 saturated heterocycles. The Labute approximate surface area is 177 Å². The van der Waals surface area contributed by atoms with Crippen molar-refractivity contribution in [3.8, 4) is 0 Å². The molecule has 2 aliphatic rings. The molecule has 1 fully saturated rings. The zero-order chi connectivity index (χ0) is 20.6. The van der Waals surface area contributed by atoms with Gasteiger partial charge in [-0.25, -0.2) is 0 Å². The number of nitrogens with two attached hydrogens (primary N) is 1. The normalized spacial score (nSPS) is 23.3. The van der Waals surface area contributed by atoms with Gasteiger partial charge in [0.2, 0.25) is 5.91 Å². The maximum Gasteiger partial charge on any atom is 0.239 e. The molecule has 0 radical (unpaired) electrons. The molecule has 0 saturated carbocycles. The molecule has 4 nitrogen and oxygen atoms in total. The lowest BCUT2D eigenvalue weighted by molar-refractivity contribution is -0.121. The summed E-state index contributed by atoms with van der Waals surface area (Å²) in [4.78, 5) is 16.0. The van der Waals surface area contributed by atoms with Gasteiger partial charge in [-0.2, -0.15) is 0 Å². The van der Waals surface area contributed by atoms with Crippen molar-refractivity contribution in [3.05, 3.63) is 95.6 Å². The Morgan fingerprint density at radius 1 is 0.967 bits per heavy atom. The Hall–Kier alpha value is -3.11. The number of anilines is 2. The molecule has 2 heterocycles. The van der Waals surface area contributed by atoms with Crippen LogP contribution in [0, 0.1) is 5.92 Å². The first-order valence-electron chi connectivity index (χ1n) is 10.7. The molecule has 2 aliphatic heterocycles. The van der Waals surface area contributed by atoms with E-state index in [1.165, 1.54) is 5.56 Å². The van der Waals surface area contributed by atoms with Crippen LogP contribution < -0.4 is 11.1 Å². The van der Waals surface area contributed by atoms with Crippen LogP contribution in [0.1, 0.15) is 23.1 Å². The summed E-state index contributed by atoms with van der Waals surface area (Å²) >= 11 is 0. The second-order valence-corrected chi connectivity index (χ2v) is 8.45. The van der Waals surface area contributed by atoms with Gasteiger partial charge in [0.15, 0.2) is 0 Å². The second-order valence-electron chi connectivity index (χ2n) is 8.45. The molecule has 3 aromatic carbocycles. The van der Waals surface area contributed by atoms with Crippen LogP contribution in [0.4, 0.5) is 11.4 Å². The number of carbonyl (C=O) groups excluding carboxylic acids is 1. The highest BCUT2D eigenvalue weighted by Gasteiger charge is 2.54. The third-order valence-corrected chi connectivity index (χ3v) is 6.77. The summed E-state index contributed by atoms with van der Waals surface area (Å²) in [6, 6.07) is 26.6. The van der Waals surface area contributed by atoms with Crippen LogP contribution in [0.3, 0.4) is 0 Å².